The second-order valence-corrected chi connectivity index (χ2v) is 7.51. The van der Waals surface area contributed by atoms with Gasteiger partial charge < -0.3 is 15.0 Å². The van der Waals surface area contributed by atoms with Crippen LogP contribution in [-0.4, -0.2) is 37.6 Å². The van der Waals surface area contributed by atoms with Gasteiger partial charge in [-0.15, -0.1) is 11.3 Å². The van der Waals surface area contributed by atoms with Gasteiger partial charge in [0, 0.05) is 30.1 Å². The van der Waals surface area contributed by atoms with E-state index < -0.39 is 0 Å². The number of nitrogens with zero attached hydrogens (tertiary/aromatic N) is 1. The fraction of sp³-hybridized carbons (Fsp3) is 0.421. The number of aryl methyl sites for hydroxylation is 2. The highest BCUT2D eigenvalue weighted by Crippen LogP contribution is 2.35. The normalized spacial score (nSPS) is 20.0. The molecule has 1 unspecified atom stereocenters. The molecule has 1 fully saturated rings. The predicted octanol–water partition coefficient (Wildman–Crippen LogP) is 3.03. The van der Waals surface area contributed by atoms with Crippen molar-refractivity contribution in [3.8, 4) is 5.75 Å². The lowest BCUT2D eigenvalue weighted by atomic mass is 10.0. The summed E-state index contributed by atoms with van der Waals surface area (Å²) in [7, 11) is 1.69. The summed E-state index contributed by atoms with van der Waals surface area (Å²) < 4.78 is 5.52. The van der Waals surface area contributed by atoms with Gasteiger partial charge in [0.2, 0.25) is 0 Å². The molecule has 1 aromatic carbocycles. The lowest BCUT2D eigenvalue weighted by Gasteiger charge is -2.36. The van der Waals surface area contributed by atoms with Crippen LogP contribution in [-0.2, 0) is 12.8 Å². The number of benzene rings is 1. The van der Waals surface area contributed by atoms with Gasteiger partial charge in [0.1, 0.15) is 5.75 Å². The highest BCUT2D eigenvalue weighted by Gasteiger charge is 2.32. The second kappa shape index (κ2) is 6.57. The number of carbonyl (C=O) groups is 1. The van der Waals surface area contributed by atoms with Crippen molar-refractivity contribution in [2.24, 2.45) is 0 Å². The minimum Gasteiger partial charge on any atom is -0.496 e. The number of amides is 1. The Bertz CT molecular complexity index is 734. The van der Waals surface area contributed by atoms with E-state index in [2.05, 4.69) is 17.4 Å². The number of hydrogen-bond donors (Lipinski definition) is 1. The smallest absolute Gasteiger partial charge is 0.264 e. The van der Waals surface area contributed by atoms with E-state index in [4.69, 9.17) is 4.74 Å². The van der Waals surface area contributed by atoms with E-state index in [0.717, 1.165) is 48.7 Å². The molecule has 1 atom stereocenters. The summed E-state index contributed by atoms with van der Waals surface area (Å²) >= 11 is 1.69. The number of carbonyl (C=O) groups excluding carboxylic acids is 1. The van der Waals surface area contributed by atoms with E-state index in [1.165, 1.54) is 16.9 Å². The first-order valence-corrected chi connectivity index (χ1v) is 9.36. The van der Waals surface area contributed by atoms with Gasteiger partial charge in [-0.05, 0) is 37.0 Å². The molecule has 1 aliphatic carbocycles. The predicted molar refractivity (Wildman–Crippen MR) is 96.0 cm³/mol. The maximum Gasteiger partial charge on any atom is 0.264 e. The molecule has 0 radical (unpaired) electrons. The fourth-order valence-corrected chi connectivity index (χ4v) is 4.95. The van der Waals surface area contributed by atoms with Gasteiger partial charge in [0.15, 0.2) is 0 Å². The van der Waals surface area contributed by atoms with Gasteiger partial charge in [0.05, 0.1) is 18.0 Å². The molecule has 2 aliphatic rings. The molecule has 126 valence electrons. The summed E-state index contributed by atoms with van der Waals surface area (Å²) in [5.41, 5.74) is 2.46. The van der Waals surface area contributed by atoms with Gasteiger partial charge in [0.25, 0.3) is 5.91 Å². The Morgan fingerprint density at radius 3 is 3.04 bits per heavy atom. The zero-order chi connectivity index (χ0) is 16.5. The molecular formula is C19H22N2O2S. The van der Waals surface area contributed by atoms with Crippen molar-refractivity contribution in [2.75, 3.05) is 26.7 Å². The average molecular weight is 342 g/mol. The third-order valence-corrected chi connectivity index (χ3v) is 6.18. The van der Waals surface area contributed by atoms with Crippen LogP contribution in [0.2, 0.25) is 0 Å². The van der Waals surface area contributed by atoms with E-state index >= 15 is 0 Å². The highest BCUT2D eigenvalue weighted by atomic mass is 32.1. The maximum absolute atomic E-state index is 13.2. The van der Waals surface area contributed by atoms with E-state index in [1.807, 2.05) is 23.1 Å². The van der Waals surface area contributed by atoms with Gasteiger partial charge in [-0.3, -0.25) is 4.79 Å². The summed E-state index contributed by atoms with van der Waals surface area (Å²) in [6, 6.07) is 10.1. The number of hydrogen-bond acceptors (Lipinski definition) is 4. The Morgan fingerprint density at radius 1 is 1.33 bits per heavy atom. The zero-order valence-electron chi connectivity index (χ0n) is 13.9. The molecule has 1 aliphatic heterocycles. The van der Waals surface area contributed by atoms with Crippen LogP contribution < -0.4 is 10.1 Å². The Kier molecular flexibility index (Phi) is 4.29. The number of ether oxygens (including phenoxy) is 1. The lowest BCUT2D eigenvalue weighted by molar-refractivity contribution is 0.0636. The summed E-state index contributed by atoms with van der Waals surface area (Å²) in [5, 5.41) is 3.41. The van der Waals surface area contributed by atoms with E-state index in [9.17, 15) is 4.79 Å². The molecule has 1 aromatic heterocycles. The Morgan fingerprint density at radius 2 is 2.21 bits per heavy atom. The maximum atomic E-state index is 13.2. The molecule has 4 rings (SSSR count). The molecule has 2 heterocycles. The quantitative estimate of drug-likeness (QED) is 0.932. The van der Waals surface area contributed by atoms with E-state index in [0.29, 0.717) is 0 Å². The van der Waals surface area contributed by atoms with Crippen molar-refractivity contribution in [3.63, 3.8) is 0 Å². The minimum absolute atomic E-state index is 0.0133. The van der Waals surface area contributed by atoms with E-state index in [-0.39, 0.29) is 11.9 Å². The van der Waals surface area contributed by atoms with Gasteiger partial charge in [-0.25, -0.2) is 0 Å². The monoisotopic (exact) mass is 342 g/mol. The van der Waals surface area contributed by atoms with Crippen LogP contribution in [0.4, 0.5) is 0 Å². The SMILES string of the molecule is COc1ccccc1C1CNCCN1C(=O)c1cc2c(s1)CCC2. The second-order valence-electron chi connectivity index (χ2n) is 6.37. The molecule has 0 saturated carbocycles. The number of piperazine rings is 1. The van der Waals surface area contributed by atoms with Gasteiger partial charge >= 0.3 is 0 Å². The van der Waals surface area contributed by atoms with Gasteiger partial charge in [-0.2, -0.15) is 0 Å². The highest BCUT2D eigenvalue weighted by molar-refractivity contribution is 7.14. The molecule has 2 aromatic rings. The molecule has 1 saturated heterocycles. The number of nitrogens with one attached hydrogen (secondary N) is 1. The number of fused-ring (bicyclic) bond motifs is 1. The molecule has 0 spiro atoms. The molecule has 5 heteroatoms. The summed E-state index contributed by atoms with van der Waals surface area (Å²) in [4.78, 5) is 17.5. The Hall–Kier alpha value is -1.85. The third-order valence-electron chi connectivity index (χ3n) is 4.96. The van der Waals surface area contributed by atoms with Crippen LogP contribution in [0.25, 0.3) is 0 Å². The molecule has 4 nitrogen and oxygen atoms in total. The molecule has 24 heavy (non-hydrogen) atoms. The zero-order valence-corrected chi connectivity index (χ0v) is 14.7. The average Bonchev–Trinajstić information content (AvgIpc) is 3.23. The van der Waals surface area contributed by atoms with Crippen molar-refractivity contribution in [3.05, 3.63) is 51.2 Å². The minimum atomic E-state index is 0.0133. The molecule has 0 bridgehead atoms. The van der Waals surface area contributed by atoms with Crippen LogP contribution in [0.3, 0.4) is 0 Å². The van der Waals surface area contributed by atoms with Crippen LogP contribution >= 0.6 is 11.3 Å². The van der Waals surface area contributed by atoms with Gasteiger partial charge in [-0.1, -0.05) is 18.2 Å². The first-order chi connectivity index (χ1) is 11.8. The van der Waals surface area contributed by atoms with E-state index in [1.54, 1.807) is 18.4 Å². The molecule has 1 N–H and O–H groups in total. The van der Waals surface area contributed by atoms with Crippen molar-refractivity contribution in [2.45, 2.75) is 25.3 Å². The summed E-state index contributed by atoms with van der Waals surface area (Å²) in [5.74, 6) is 1.00. The standard InChI is InChI=1S/C19H22N2O2S/c1-23-16-7-3-2-6-14(16)15-12-20-9-10-21(15)19(22)18-11-13-5-4-8-17(13)24-18/h2-3,6-7,11,15,20H,4-5,8-10,12H2,1H3. The fourth-order valence-electron chi connectivity index (χ4n) is 3.74. The number of para-hydroxylation sites is 1. The number of rotatable bonds is 3. The molecule has 1 amide bonds. The molecular weight excluding hydrogens is 320 g/mol. The number of methoxy groups -OCH3 is 1. The van der Waals surface area contributed by atoms with Crippen LogP contribution in [0.15, 0.2) is 30.3 Å². The van der Waals surface area contributed by atoms with Crippen LogP contribution in [0, 0.1) is 0 Å². The lowest BCUT2D eigenvalue weighted by Crippen LogP contribution is -2.48. The van der Waals surface area contributed by atoms with Crippen molar-refractivity contribution in [1.29, 1.82) is 0 Å². The van der Waals surface area contributed by atoms with Crippen LogP contribution in [0.1, 0.15) is 38.1 Å². The Labute approximate surface area is 146 Å². The van der Waals surface area contributed by atoms with Crippen molar-refractivity contribution in [1.82, 2.24) is 10.2 Å². The van der Waals surface area contributed by atoms with Crippen LogP contribution in [0.5, 0.6) is 5.75 Å². The van der Waals surface area contributed by atoms with Crippen molar-refractivity contribution >= 4 is 17.2 Å². The first-order valence-electron chi connectivity index (χ1n) is 8.54. The summed E-state index contributed by atoms with van der Waals surface area (Å²) in [6.07, 6.45) is 3.48. The number of thiophene rings is 1. The summed E-state index contributed by atoms with van der Waals surface area (Å²) in [6.45, 7) is 2.32. The first kappa shape index (κ1) is 15.7. The Balaban J connectivity index is 1.65. The largest absolute Gasteiger partial charge is 0.496 e. The van der Waals surface area contributed by atoms with Crippen molar-refractivity contribution < 1.29 is 9.53 Å². The third kappa shape index (κ3) is 2.72. The topological polar surface area (TPSA) is 41.6 Å².